The Morgan fingerprint density at radius 2 is 1.94 bits per heavy atom. The summed E-state index contributed by atoms with van der Waals surface area (Å²) in [5.74, 6) is 1.26. The summed E-state index contributed by atoms with van der Waals surface area (Å²) >= 11 is 0. The van der Waals surface area contributed by atoms with E-state index in [4.69, 9.17) is 0 Å². The maximum Gasteiger partial charge on any atom is 0.0791 e. The van der Waals surface area contributed by atoms with Crippen LogP contribution in [0.1, 0.15) is 53.4 Å². The molecule has 2 fully saturated rings. The molecule has 4 atom stereocenters. The highest BCUT2D eigenvalue weighted by Gasteiger charge is 2.67. The van der Waals surface area contributed by atoms with Crippen molar-refractivity contribution in [1.82, 2.24) is 0 Å². The number of aliphatic hydroxyl groups is 1. The third kappa shape index (κ3) is 0.895. The quantitative estimate of drug-likeness (QED) is 0.619. The number of fused-ring (bicyclic) bond motifs is 1. The van der Waals surface area contributed by atoms with Crippen LogP contribution in [0.15, 0.2) is 11.1 Å². The van der Waals surface area contributed by atoms with Crippen LogP contribution in [-0.2, 0) is 0 Å². The van der Waals surface area contributed by atoms with Crippen molar-refractivity contribution in [2.24, 2.45) is 22.7 Å². The minimum Gasteiger partial charge on any atom is -0.388 e. The van der Waals surface area contributed by atoms with Crippen molar-refractivity contribution < 1.29 is 5.11 Å². The molecule has 1 heteroatoms. The van der Waals surface area contributed by atoms with Gasteiger partial charge in [-0.25, -0.2) is 0 Å². The molecule has 3 aliphatic rings. The van der Waals surface area contributed by atoms with Gasteiger partial charge in [0.05, 0.1) is 6.10 Å². The molecule has 0 aromatic heterocycles. The summed E-state index contributed by atoms with van der Waals surface area (Å²) in [5.41, 5.74) is 3.58. The molecule has 0 radical (unpaired) electrons. The fourth-order valence-electron chi connectivity index (χ4n) is 5.49. The minimum absolute atomic E-state index is 0.137. The maximum atomic E-state index is 10.6. The van der Waals surface area contributed by atoms with Crippen molar-refractivity contribution in [3.63, 3.8) is 0 Å². The molecular formula is C15H24O. The minimum atomic E-state index is -0.137. The second kappa shape index (κ2) is 2.93. The van der Waals surface area contributed by atoms with Crippen LogP contribution in [0.5, 0.6) is 0 Å². The molecular weight excluding hydrogens is 196 g/mol. The van der Waals surface area contributed by atoms with E-state index in [2.05, 4.69) is 27.7 Å². The van der Waals surface area contributed by atoms with Gasteiger partial charge in [-0.3, -0.25) is 0 Å². The first kappa shape index (κ1) is 10.8. The van der Waals surface area contributed by atoms with E-state index in [1.807, 2.05) is 0 Å². The summed E-state index contributed by atoms with van der Waals surface area (Å²) in [4.78, 5) is 0. The number of aliphatic hydroxyl groups excluding tert-OH is 1. The van der Waals surface area contributed by atoms with E-state index >= 15 is 0 Å². The van der Waals surface area contributed by atoms with Gasteiger partial charge in [0, 0.05) is 5.41 Å². The Bertz CT molecular complexity index is 366. The van der Waals surface area contributed by atoms with Gasteiger partial charge >= 0.3 is 0 Å². The van der Waals surface area contributed by atoms with E-state index in [0.29, 0.717) is 16.7 Å². The monoisotopic (exact) mass is 220 g/mol. The van der Waals surface area contributed by atoms with Crippen LogP contribution < -0.4 is 0 Å². The van der Waals surface area contributed by atoms with Gasteiger partial charge < -0.3 is 5.11 Å². The molecule has 16 heavy (non-hydrogen) atoms. The molecule has 0 unspecified atom stereocenters. The van der Waals surface area contributed by atoms with Crippen LogP contribution in [0.25, 0.3) is 0 Å². The Morgan fingerprint density at radius 1 is 1.25 bits per heavy atom. The zero-order valence-corrected chi connectivity index (χ0v) is 11.0. The van der Waals surface area contributed by atoms with Crippen LogP contribution in [-0.4, -0.2) is 11.2 Å². The zero-order chi connectivity index (χ0) is 11.7. The Balaban J connectivity index is 2.24. The van der Waals surface area contributed by atoms with E-state index in [0.717, 1.165) is 5.92 Å². The van der Waals surface area contributed by atoms with Crippen LogP contribution in [0.4, 0.5) is 0 Å². The standard InChI is InChI=1S/C15H24O/c1-9-7-8-15-10(2)5-6-11(14(15,3)4)13(16)12(9)15/h10-11,13,16H,5-8H2,1-4H3/t10-,11-,13+,15+/m1/s1. The molecule has 90 valence electrons. The van der Waals surface area contributed by atoms with Crippen LogP contribution in [0.2, 0.25) is 0 Å². The fourth-order valence-corrected chi connectivity index (χ4v) is 5.49. The van der Waals surface area contributed by atoms with Gasteiger partial charge in [-0.15, -0.1) is 0 Å². The molecule has 1 spiro atoms. The lowest BCUT2D eigenvalue weighted by atomic mass is 9.53. The molecule has 2 saturated carbocycles. The largest absolute Gasteiger partial charge is 0.388 e. The van der Waals surface area contributed by atoms with E-state index in [1.54, 1.807) is 0 Å². The Hall–Kier alpha value is -0.300. The van der Waals surface area contributed by atoms with Crippen LogP contribution in [0.3, 0.4) is 0 Å². The number of hydrogen-bond acceptors (Lipinski definition) is 1. The number of allylic oxidation sites excluding steroid dienone is 1. The molecule has 0 amide bonds. The topological polar surface area (TPSA) is 20.2 Å². The average Bonchev–Trinajstić information content (AvgIpc) is 2.57. The molecule has 3 rings (SSSR count). The Labute approximate surface area is 98.9 Å². The summed E-state index contributed by atoms with van der Waals surface area (Å²) < 4.78 is 0. The molecule has 0 aromatic rings. The lowest BCUT2D eigenvalue weighted by Crippen LogP contribution is -2.44. The second-order valence-electron chi connectivity index (χ2n) is 6.92. The fraction of sp³-hybridized carbons (Fsp3) is 0.867. The zero-order valence-electron chi connectivity index (χ0n) is 11.0. The summed E-state index contributed by atoms with van der Waals surface area (Å²) in [6, 6.07) is 0. The van der Waals surface area contributed by atoms with Crippen LogP contribution >= 0.6 is 0 Å². The second-order valence-corrected chi connectivity index (χ2v) is 6.92. The molecule has 3 aliphatic carbocycles. The van der Waals surface area contributed by atoms with Gasteiger partial charge in [0.15, 0.2) is 0 Å². The first-order valence-corrected chi connectivity index (χ1v) is 6.81. The van der Waals surface area contributed by atoms with Gasteiger partial charge in [-0.05, 0) is 55.4 Å². The molecule has 1 nitrogen and oxygen atoms in total. The molecule has 0 heterocycles. The predicted molar refractivity (Wildman–Crippen MR) is 66.0 cm³/mol. The third-order valence-corrected chi connectivity index (χ3v) is 6.34. The van der Waals surface area contributed by atoms with Gasteiger partial charge in [0.1, 0.15) is 0 Å². The normalized spacial score (nSPS) is 49.7. The summed E-state index contributed by atoms with van der Waals surface area (Å²) in [5, 5.41) is 10.6. The average molecular weight is 220 g/mol. The van der Waals surface area contributed by atoms with E-state index in [9.17, 15) is 5.11 Å². The molecule has 0 aliphatic heterocycles. The first-order chi connectivity index (χ1) is 7.43. The van der Waals surface area contributed by atoms with Crippen LogP contribution in [0, 0.1) is 22.7 Å². The van der Waals surface area contributed by atoms with Gasteiger partial charge in [0.25, 0.3) is 0 Å². The molecule has 1 N–H and O–H groups in total. The Kier molecular flexibility index (Phi) is 1.98. The predicted octanol–water partition coefficient (Wildman–Crippen LogP) is 3.53. The SMILES string of the molecule is CC1=C2[C@@H](O)[C@H]3CC[C@@H](C)[C@]2(CC1)C3(C)C. The molecule has 0 saturated heterocycles. The smallest absolute Gasteiger partial charge is 0.0791 e. The van der Waals surface area contributed by atoms with Crippen molar-refractivity contribution in [1.29, 1.82) is 0 Å². The van der Waals surface area contributed by atoms with Gasteiger partial charge in [-0.1, -0.05) is 26.3 Å². The van der Waals surface area contributed by atoms with E-state index in [1.165, 1.54) is 36.8 Å². The molecule has 2 bridgehead atoms. The summed E-state index contributed by atoms with van der Waals surface area (Å²) in [6.07, 6.45) is 4.89. The van der Waals surface area contributed by atoms with Crippen molar-refractivity contribution in [2.45, 2.75) is 59.5 Å². The Morgan fingerprint density at radius 3 is 2.62 bits per heavy atom. The lowest BCUT2D eigenvalue weighted by Gasteiger charge is -2.51. The molecule has 0 aromatic carbocycles. The lowest BCUT2D eigenvalue weighted by molar-refractivity contribution is -0.0238. The first-order valence-electron chi connectivity index (χ1n) is 6.81. The van der Waals surface area contributed by atoms with Crippen molar-refractivity contribution >= 4 is 0 Å². The van der Waals surface area contributed by atoms with E-state index in [-0.39, 0.29) is 6.10 Å². The van der Waals surface area contributed by atoms with Crippen molar-refractivity contribution in [3.8, 4) is 0 Å². The highest BCUT2D eigenvalue weighted by Crippen LogP contribution is 2.72. The third-order valence-electron chi connectivity index (χ3n) is 6.34. The highest BCUT2D eigenvalue weighted by molar-refractivity contribution is 5.41. The maximum absolute atomic E-state index is 10.6. The summed E-state index contributed by atoms with van der Waals surface area (Å²) in [7, 11) is 0. The number of hydrogen-bond donors (Lipinski definition) is 1. The van der Waals surface area contributed by atoms with Gasteiger partial charge in [0.2, 0.25) is 0 Å². The van der Waals surface area contributed by atoms with Crippen molar-refractivity contribution in [2.75, 3.05) is 0 Å². The van der Waals surface area contributed by atoms with E-state index < -0.39 is 0 Å². The van der Waals surface area contributed by atoms with Gasteiger partial charge in [-0.2, -0.15) is 0 Å². The number of rotatable bonds is 0. The highest BCUT2D eigenvalue weighted by atomic mass is 16.3. The summed E-state index contributed by atoms with van der Waals surface area (Å²) in [6.45, 7) is 9.47. The van der Waals surface area contributed by atoms with Crippen molar-refractivity contribution in [3.05, 3.63) is 11.1 Å².